The third-order valence-corrected chi connectivity index (χ3v) is 5.08. The molecule has 0 saturated carbocycles. The predicted octanol–water partition coefficient (Wildman–Crippen LogP) is 3.68. The highest BCUT2D eigenvalue weighted by Crippen LogP contribution is 2.36. The Hall–Kier alpha value is -1.93. The summed E-state index contributed by atoms with van der Waals surface area (Å²) >= 11 is 0. The van der Waals surface area contributed by atoms with Gasteiger partial charge >= 0.3 is 7.82 Å². The van der Waals surface area contributed by atoms with Gasteiger partial charge in [-0.25, -0.2) is 8.96 Å². The third-order valence-electron chi connectivity index (χ3n) is 4.62. The van der Waals surface area contributed by atoms with Crippen LogP contribution < -0.4 is 5.73 Å². The summed E-state index contributed by atoms with van der Waals surface area (Å²) in [5, 5.41) is 0. The van der Waals surface area contributed by atoms with Crippen LogP contribution in [0, 0.1) is 12.7 Å². The number of ether oxygens (including phenoxy) is 1. The number of ketones is 1. The molecular weight excluding hydrogens is 424 g/mol. The Kier molecular flexibility index (Phi) is 9.06. The minimum Gasteiger partial charge on any atom is -0.375 e. The molecule has 2 aromatic rings. The fraction of sp³-hybridized carbons (Fsp3) is 0.409. The minimum absolute atomic E-state index is 0.101. The molecule has 0 aromatic heterocycles. The lowest BCUT2D eigenvalue weighted by atomic mass is 10.0. The first-order valence-electron chi connectivity index (χ1n) is 9.89. The zero-order chi connectivity index (χ0) is 23.1. The fourth-order valence-corrected chi connectivity index (χ4v) is 3.32. The highest BCUT2D eigenvalue weighted by Gasteiger charge is 2.25. The van der Waals surface area contributed by atoms with Crippen LogP contribution >= 0.6 is 7.82 Å². The van der Waals surface area contributed by atoms with E-state index in [1.54, 1.807) is 6.07 Å². The molecule has 170 valence electrons. The maximum Gasteiger partial charge on any atom is 0.469 e. The number of hydrogen-bond acceptors (Lipinski definition) is 5. The molecule has 0 radical (unpaired) electrons. The topological polar surface area (TPSA) is 119 Å². The number of carbonyl (C=O) groups excluding carboxylic acids is 1. The summed E-state index contributed by atoms with van der Waals surface area (Å²) in [6.45, 7) is 2.89. The van der Waals surface area contributed by atoms with Crippen molar-refractivity contribution in [2.24, 2.45) is 5.73 Å². The van der Waals surface area contributed by atoms with Gasteiger partial charge in [0.25, 0.3) is 0 Å². The molecular formula is C22H29FNO6P. The van der Waals surface area contributed by atoms with Crippen molar-refractivity contribution >= 4 is 13.6 Å². The van der Waals surface area contributed by atoms with E-state index in [0.717, 1.165) is 12.0 Å². The van der Waals surface area contributed by atoms with Gasteiger partial charge in [-0.05, 0) is 38.3 Å². The van der Waals surface area contributed by atoms with Gasteiger partial charge in [-0.1, -0.05) is 42.0 Å². The average Bonchev–Trinajstić information content (AvgIpc) is 2.68. The van der Waals surface area contributed by atoms with Crippen LogP contribution in [0.4, 0.5) is 4.39 Å². The number of phosphoric acid groups is 1. The van der Waals surface area contributed by atoms with Gasteiger partial charge in [0.05, 0.1) is 25.4 Å². The summed E-state index contributed by atoms with van der Waals surface area (Å²) in [5.41, 5.74) is 7.60. The second-order valence-corrected chi connectivity index (χ2v) is 9.22. The number of aryl methyl sites for hydroxylation is 2. The molecule has 0 unspecified atom stereocenters. The van der Waals surface area contributed by atoms with Crippen molar-refractivity contribution in [3.8, 4) is 0 Å². The van der Waals surface area contributed by atoms with Gasteiger partial charge in [-0.3, -0.25) is 9.32 Å². The van der Waals surface area contributed by atoms with E-state index in [1.807, 2.05) is 31.2 Å². The molecule has 0 aliphatic heterocycles. The second kappa shape index (κ2) is 11.1. The molecule has 31 heavy (non-hydrogen) atoms. The Morgan fingerprint density at radius 2 is 1.84 bits per heavy atom. The summed E-state index contributed by atoms with van der Waals surface area (Å²) in [4.78, 5) is 29.8. The van der Waals surface area contributed by atoms with E-state index in [1.165, 1.54) is 24.6 Å². The Morgan fingerprint density at radius 1 is 1.16 bits per heavy atom. The molecule has 0 bridgehead atoms. The largest absolute Gasteiger partial charge is 0.469 e. The lowest BCUT2D eigenvalue weighted by Crippen LogP contribution is -2.45. The zero-order valence-corrected chi connectivity index (χ0v) is 18.6. The Labute approximate surface area is 181 Å². The number of nitrogens with two attached hydrogens (primary N) is 1. The molecule has 0 heterocycles. The van der Waals surface area contributed by atoms with Crippen molar-refractivity contribution in [1.29, 1.82) is 0 Å². The number of rotatable bonds is 12. The number of hydrogen-bond donors (Lipinski definition) is 3. The first-order valence-corrected chi connectivity index (χ1v) is 11.4. The standard InChI is InChI=1S/C22H29FNO6P/c1-16-6-8-17(9-7-16)4-3-5-21(25)18-10-11-19(20(23)12-18)13-29-14-22(2,24)15-30-31(26,27)28/h6-12H,3-5,13-15,24H2,1-2H3,(H2,26,27,28)/t22-/m1/s1. The van der Waals surface area contributed by atoms with Crippen LogP contribution in [0.5, 0.6) is 0 Å². The molecule has 0 fully saturated rings. The smallest absolute Gasteiger partial charge is 0.375 e. The van der Waals surface area contributed by atoms with Crippen molar-refractivity contribution in [3.05, 3.63) is 70.5 Å². The van der Waals surface area contributed by atoms with Gasteiger partial charge in [0.1, 0.15) is 5.82 Å². The first-order chi connectivity index (χ1) is 14.5. The molecule has 0 aliphatic rings. The van der Waals surface area contributed by atoms with Crippen LogP contribution in [0.1, 0.15) is 46.8 Å². The number of Topliss-reactive ketones (excluding diaryl/α,β-unsaturated/α-hetero) is 1. The van der Waals surface area contributed by atoms with Crippen LogP contribution in [-0.2, 0) is 26.9 Å². The number of benzene rings is 2. The normalized spacial score (nSPS) is 13.7. The van der Waals surface area contributed by atoms with Gasteiger partial charge in [-0.15, -0.1) is 0 Å². The molecule has 4 N–H and O–H groups in total. The summed E-state index contributed by atoms with van der Waals surface area (Å²) in [5.74, 6) is -0.683. The maximum absolute atomic E-state index is 14.4. The van der Waals surface area contributed by atoms with Crippen LogP contribution in [0.15, 0.2) is 42.5 Å². The van der Waals surface area contributed by atoms with E-state index < -0.39 is 25.8 Å². The molecule has 7 nitrogen and oxygen atoms in total. The lowest BCUT2D eigenvalue weighted by molar-refractivity contribution is 0.0500. The quantitative estimate of drug-likeness (QED) is 0.331. The second-order valence-electron chi connectivity index (χ2n) is 7.98. The van der Waals surface area contributed by atoms with E-state index in [-0.39, 0.29) is 24.6 Å². The van der Waals surface area contributed by atoms with Gasteiger partial charge in [0, 0.05) is 17.5 Å². The third kappa shape index (κ3) is 9.39. The average molecular weight is 453 g/mol. The monoisotopic (exact) mass is 453 g/mol. The van der Waals surface area contributed by atoms with Crippen molar-refractivity contribution in [3.63, 3.8) is 0 Å². The van der Waals surface area contributed by atoms with Crippen LogP contribution in [0.25, 0.3) is 0 Å². The Morgan fingerprint density at radius 3 is 2.45 bits per heavy atom. The van der Waals surface area contributed by atoms with E-state index >= 15 is 0 Å². The van der Waals surface area contributed by atoms with E-state index in [2.05, 4.69) is 4.52 Å². The Bertz CT molecular complexity index is 926. The zero-order valence-electron chi connectivity index (χ0n) is 17.7. The number of carbonyl (C=O) groups is 1. The van der Waals surface area contributed by atoms with Crippen molar-refractivity contribution in [2.45, 2.75) is 45.3 Å². The van der Waals surface area contributed by atoms with Crippen molar-refractivity contribution in [1.82, 2.24) is 0 Å². The van der Waals surface area contributed by atoms with E-state index in [9.17, 15) is 13.8 Å². The Balaban J connectivity index is 1.81. The number of phosphoric ester groups is 1. The molecule has 2 rings (SSSR count). The van der Waals surface area contributed by atoms with Gasteiger partial charge in [0.15, 0.2) is 5.78 Å². The SMILES string of the molecule is Cc1ccc(CCCC(=O)c2ccc(COC[C@@](C)(N)COP(=O)(O)O)c(F)c2)cc1. The molecule has 9 heteroatoms. The van der Waals surface area contributed by atoms with Crippen LogP contribution in [-0.4, -0.2) is 34.3 Å². The summed E-state index contributed by atoms with van der Waals surface area (Å²) in [6, 6.07) is 12.4. The van der Waals surface area contributed by atoms with Gasteiger partial charge in [0.2, 0.25) is 0 Å². The van der Waals surface area contributed by atoms with Crippen LogP contribution in [0.3, 0.4) is 0 Å². The highest BCUT2D eigenvalue weighted by molar-refractivity contribution is 7.46. The molecule has 1 atom stereocenters. The number of halogens is 1. The summed E-state index contributed by atoms with van der Waals surface area (Å²) in [6.07, 6.45) is 1.79. The highest BCUT2D eigenvalue weighted by atomic mass is 31.2. The van der Waals surface area contributed by atoms with Gasteiger partial charge in [-0.2, -0.15) is 0 Å². The predicted molar refractivity (Wildman–Crippen MR) is 115 cm³/mol. The van der Waals surface area contributed by atoms with E-state index in [4.69, 9.17) is 20.3 Å². The lowest BCUT2D eigenvalue weighted by Gasteiger charge is -2.24. The maximum atomic E-state index is 14.4. The molecule has 0 amide bonds. The molecule has 2 aromatic carbocycles. The van der Waals surface area contributed by atoms with Crippen molar-refractivity contribution < 1.29 is 32.8 Å². The van der Waals surface area contributed by atoms with E-state index in [0.29, 0.717) is 18.4 Å². The summed E-state index contributed by atoms with van der Waals surface area (Å²) < 4.78 is 34.9. The fourth-order valence-electron chi connectivity index (χ4n) is 2.86. The first kappa shape index (κ1) is 25.3. The van der Waals surface area contributed by atoms with Gasteiger partial charge < -0.3 is 20.3 Å². The summed E-state index contributed by atoms with van der Waals surface area (Å²) in [7, 11) is -4.63. The van der Waals surface area contributed by atoms with Crippen molar-refractivity contribution in [2.75, 3.05) is 13.2 Å². The van der Waals surface area contributed by atoms with Crippen LogP contribution in [0.2, 0.25) is 0 Å². The minimum atomic E-state index is -4.63. The molecule has 0 saturated heterocycles. The molecule has 0 spiro atoms. The molecule has 0 aliphatic carbocycles.